The Morgan fingerprint density at radius 1 is 1.33 bits per heavy atom. The first-order valence-corrected chi connectivity index (χ1v) is 5.96. The van der Waals surface area contributed by atoms with Crippen molar-refractivity contribution < 1.29 is 0 Å². The molecule has 1 atom stereocenters. The highest BCUT2D eigenvalue weighted by Gasteiger charge is 2.09. The zero-order valence-electron chi connectivity index (χ0n) is 10.1. The molecule has 3 rings (SSSR count). The van der Waals surface area contributed by atoms with E-state index in [1.165, 1.54) is 0 Å². The van der Waals surface area contributed by atoms with E-state index in [-0.39, 0.29) is 5.92 Å². The van der Waals surface area contributed by atoms with Gasteiger partial charge in [-0.05, 0) is 12.1 Å². The number of hydrogen-bond acceptors (Lipinski definition) is 3. The lowest BCUT2D eigenvalue weighted by Crippen LogP contribution is -2.10. The van der Waals surface area contributed by atoms with Gasteiger partial charge in [-0.3, -0.25) is 0 Å². The van der Waals surface area contributed by atoms with Crippen LogP contribution in [0.25, 0.3) is 22.3 Å². The number of H-pyrrole nitrogens is 2. The van der Waals surface area contributed by atoms with E-state index in [9.17, 15) is 0 Å². The molecule has 0 saturated carbocycles. The molecule has 0 aliphatic heterocycles. The van der Waals surface area contributed by atoms with Gasteiger partial charge in [0.25, 0.3) is 0 Å². The van der Waals surface area contributed by atoms with Gasteiger partial charge in [0.1, 0.15) is 5.82 Å². The van der Waals surface area contributed by atoms with E-state index in [1.807, 2.05) is 18.3 Å². The van der Waals surface area contributed by atoms with Crippen molar-refractivity contribution in [1.29, 1.82) is 0 Å². The lowest BCUT2D eigenvalue weighted by molar-refractivity contribution is 0.725. The van der Waals surface area contributed by atoms with Crippen molar-refractivity contribution in [2.45, 2.75) is 12.8 Å². The number of benzene rings is 1. The van der Waals surface area contributed by atoms with Crippen LogP contribution in [0, 0.1) is 0 Å². The SMILES string of the molecule is CC(CN)c1ncc(-c2ccc3nc[nH]c3c2)[nH]1. The first kappa shape index (κ1) is 11.0. The second-order valence-electron chi connectivity index (χ2n) is 4.45. The standard InChI is InChI=1S/C13H15N5/c1-8(5-14)13-15-6-12(18-13)9-2-3-10-11(4-9)17-7-16-10/h2-4,6-8H,5,14H2,1H3,(H,15,18)(H,16,17). The monoisotopic (exact) mass is 241 g/mol. The number of nitrogens with zero attached hydrogens (tertiary/aromatic N) is 2. The molecule has 5 nitrogen and oxygen atoms in total. The molecule has 92 valence electrons. The van der Waals surface area contributed by atoms with Crippen LogP contribution >= 0.6 is 0 Å². The summed E-state index contributed by atoms with van der Waals surface area (Å²) in [4.78, 5) is 15.0. The van der Waals surface area contributed by atoms with Crippen LogP contribution in [0.4, 0.5) is 0 Å². The van der Waals surface area contributed by atoms with E-state index >= 15 is 0 Å². The quantitative estimate of drug-likeness (QED) is 0.656. The maximum atomic E-state index is 5.64. The van der Waals surface area contributed by atoms with Gasteiger partial charge in [-0.1, -0.05) is 13.0 Å². The lowest BCUT2D eigenvalue weighted by atomic mass is 10.1. The lowest BCUT2D eigenvalue weighted by Gasteiger charge is -2.03. The van der Waals surface area contributed by atoms with E-state index < -0.39 is 0 Å². The van der Waals surface area contributed by atoms with Crippen molar-refractivity contribution in [3.05, 3.63) is 36.5 Å². The number of imidazole rings is 2. The molecule has 0 aliphatic carbocycles. The molecule has 2 aromatic heterocycles. The van der Waals surface area contributed by atoms with Crippen molar-refractivity contribution in [3.8, 4) is 11.3 Å². The van der Waals surface area contributed by atoms with Crippen molar-refractivity contribution >= 4 is 11.0 Å². The molecule has 0 aliphatic rings. The van der Waals surface area contributed by atoms with Crippen molar-refractivity contribution in [3.63, 3.8) is 0 Å². The first-order valence-electron chi connectivity index (χ1n) is 5.96. The zero-order valence-corrected chi connectivity index (χ0v) is 10.1. The van der Waals surface area contributed by atoms with Gasteiger partial charge < -0.3 is 15.7 Å². The summed E-state index contributed by atoms with van der Waals surface area (Å²) in [7, 11) is 0. The highest BCUT2D eigenvalue weighted by Crippen LogP contribution is 2.22. The predicted molar refractivity (Wildman–Crippen MR) is 71.1 cm³/mol. The predicted octanol–water partition coefficient (Wildman–Crippen LogP) is 2.02. The minimum Gasteiger partial charge on any atom is -0.345 e. The highest BCUT2D eigenvalue weighted by atomic mass is 14.9. The van der Waals surface area contributed by atoms with Gasteiger partial charge in [-0.2, -0.15) is 0 Å². The van der Waals surface area contributed by atoms with Crippen molar-refractivity contribution in [2.24, 2.45) is 5.73 Å². The summed E-state index contributed by atoms with van der Waals surface area (Å²) in [6.45, 7) is 2.65. The minimum absolute atomic E-state index is 0.245. The van der Waals surface area contributed by atoms with E-state index in [0.717, 1.165) is 28.1 Å². The number of fused-ring (bicyclic) bond motifs is 1. The highest BCUT2D eigenvalue weighted by molar-refractivity contribution is 5.80. The molecular weight excluding hydrogens is 226 g/mol. The average molecular weight is 241 g/mol. The summed E-state index contributed by atoms with van der Waals surface area (Å²) in [5, 5.41) is 0. The molecule has 3 aromatic rings. The topological polar surface area (TPSA) is 83.4 Å². The van der Waals surface area contributed by atoms with Gasteiger partial charge in [-0.25, -0.2) is 9.97 Å². The molecular formula is C13H15N5. The molecule has 0 bridgehead atoms. The number of hydrogen-bond donors (Lipinski definition) is 3. The van der Waals surface area contributed by atoms with E-state index in [4.69, 9.17) is 5.73 Å². The third kappa shape index (κ3) is 1.78. The van der Waals surface area contributed by atoms with Crippen LogP contribution in [-0.2, 0) is 0 Å². The maximum absolute atomic E-state index is 5.64. The molecule has 0 radical (unpaired) electrons. The summed E-state index contributed by atoms with van der Waals surface area (Å²) >= 11 is 0. The number of aromatic amines is 2. The summed E-state index contributed by atoms with van der Waals surface area (Å²) in [5.41, 5.74) is 9.72. The largest absolute Gasteiger partial charge is 0.345 e. The van der Waals surface area contributed by atoms with E-state index in [0.29, 0.717) is 6.54 Å². The fraction of sp³-hybridized carbons (Fsp3) is 0.231. The molecule has 0 fully saturated rings. The van der Waals surface area contributed by atoms with Gasteiger partial charge in [0.15, 0.2) is 0 Å². The van der Waals surface area contributed by atoms with Crippen LogP contribution < -0.4 is 5.73 Å². The number of aromatic nitrogens is 4. The Bertz CT molecular complexity index is 667. The normalized spacial score (nSPS) is 13.0. The molecule has 0 saturated heterocycles. The minimum atomic E-state index is 0.245. The zero-order chi connectivity index (χ0) is 12.5. The molecule has 1 unspecified atom stereocenters. The molecule has 1 aromatic carbocycles. The second-order valence-corrected chi connectivity index (χ2v) is 4.45. The van der Waals surface area contributed by atoms with Crippen LogP contribution in [0.15, 0.2) is 30.7 Å². The molecule has 4 N–H and O–H groups in total. The molecule has 0 spiro atoms. The molecule has 5 heteroatoms. The van der Waals surface area contributed by atoms with Crippen molar-refractivity contribution in [2.75, 3.05) is 6.54 Å². The first-order chi connectivity index (χ1) is 8.78. The molecule has 2 heterocycles. The van der Waals surface area contributed by atoms with Crippen LogP contribution in [0.3, 0.4) is 0 Å². The van der Waals surface area contributed by atoms with Crippen LogP contribution in [-0.4, -0.2) is 26.5 Å². The summed E-state index contributed by atoms with van der Waals surface area (Å²) < 4.78 is 0. The van der Waals surface area contributed by atoms with Gasteiger partial charge in [0.05, 0.1) is 29.3 Å². The Morgan fingerprint density at radius 2 is 2.22 bits per heavy atom. The molecule has 0 amide bonds. The Morgan fingerprint density at radius 3 is 3.06 bits per heavy atom. The third-order valence-corrected chi connectivity index (χ3v) is 3.15. The van der Waals surface area contributed by atoms with Crippen molar-refractivity contribution in [1.82, 2.24) is 19.9 Å². The van der Waals surface area contributed by atoms with Crippen LogP contribution in [0.2, 0.25) is 0 Å². The smallest absolute Gasteiger partial charge is 0.110 e. The van der Waals surface area contributed by atoms with Crippen LogP contribution in [0.1, 0.15) is 18.7 Å². The number of rotatable bonds is 3. The maximum Gasteiger partial charge on any atom is 0.110 e. The summed E-state index contributed by atoms with van der Waals surface area (Å²) in [6, 6.07) is 6.09. The van der Waals surface area contributed by atoms with Gasteiger partial charge in [0.2, 0.25) is 0 Å². The van der Waals surface area contributed by atoms with Crippen LogP contribution in [0.5, 0.6) is 0 Å². The number of nitrogens with two attached hydrogens (primary N) is 1. The summed E-state index contributed by atoms with van der Waals surface area (Å²) in [6.07, 6.45) is 3.54. The van der Waals surface area contributed by atoms with Gasteiger partial charge >= 0.3 is 0 Å². The second kappa shape index (κ2) is 4.27. The Labute approximate surface area is 104 Å². The Hall–Kier alpha value is -2.14. The fourth-order valence-electron chi connectivity index (χ4n) is 1.95. The fourth-order valence-corrected chi connectivity index (χ4v) is 1.95. The third-order valence-electron chi connectivity index (χ3n) is 3.15. The molecule has 18 heavy (non-hydrogen) atoms. The number of nitrogens with one attached hydrogen (secondary N) is 2. The van der Waals surface area contributed by atoms with Gasteiger partial charge in [0, 0.05) is 18.0 Å². The Kier molecular flexibility index (Phi) is 2.60. The van der Waals surface area contributed by atoms with Gasteiger partial charge in [-0.15, -0.1) is 0 Å². The van der Waals surface area contributed by atoms with E-state index in [2.05, 4.69) is 32.9 Å². The van der Waals surface area contributed by atoms with E-state index in [1.54, 1.807) is 6.33 Å². The Balaban J connectivity index is 2.00. The summed E-state index contributed by atoms with van der Waals surface area (Å²) in [5.74, 6) is 1.17. The average Bonchev–Trinajstić information content (AvgIpc) is 3.05.